The molecule has 0 aliphatic carbocycles. The number of nitrogens with zero attached hydrogens (tertiary/aromatic N) is 2. The van der Waals surface area contributed by atoms with Crippen molar-refractivity contribution in [1.29, 1.82) is 0 Å². The first-order valence-corrected chi connectivity index (χ1v) is 7.52. The fourth-order valence-electron chi connectivity index (χ4n) is 2.39. The maximum absolute atomic E-state index is 12.3. The molecule has 3 rings (SSSR count). The van der Waals surface area contributed by atoms with Crippen molar-refractivity contribution in [1.82, 2.24) is 15.6 Å². The van der Waals surface area contributed by atoms with Crippen LogP contribution in [-0.2, 0) is 0 Å². The van der Waals surface area contributed by atoms with Gasteiger partial charge in [-0.3, -0.25) is 9.59 Å². The molecule has 0 unspecified atom stereocenters. The number of hydrogen-bond donors (Lipinski definition) is 2. The third kappa shape index (κ3) is 3.22. The predicted octanol–water partition coefficient (Wildman–Crippen LogP) is 2.44. The van der Waals surface area contributed by atoms with E-state index < -0.39 is 5.91 Å². The van der Waals surface area contributed by atoms with Crippen molar-refractivity contribution >= 4 is 22.9 Å². The number of aromatic nitrogens is 2. The van der Waals surface area contributed by atoms with Crippen molar-refractivity contribution in [2.45, 2.75) is 12.8 Å². The number of amides is 1. The molecule has 0 saturated heterocycles. The van der Waals surface area contributed by atoms with Crippen molar-refractivity contribution < 1.29 is 4.79 Å². The number of aromatic amines is 1. The Labute approximate surface area is 138 Å². The summed E-state index contributed by atoms with van der Waals surface area (Å²) in [6, 6.07) is 16.7. The average Bonchev–Trinajstić information content (AvgIpc) is 2.63. The van der Waals surface area contributed by atoms with Gasteiger partial charge in [0, 0.05) is 17.5 Å². The number of H-pyrrole nitrogens is 1. The van der Waals surface area contributed by atoms with Crippen LogP contribution in [0.5, 0.6) is 0 Å². The minimum absolute atomic E-state index is 0.0618. The van der Waals surface area contributed by atoms with Gasteiger partial charge in [0.25, 0.3) is 11.5 Å². The molecule has 2 aromatic carbocycles. The maximum Gasteiger partial charge on any atom is 0.292 e. The number of hydrogen-bond acceptors (Lipinski definition) is 4. The molecule has 0 fully saturated rings. The van der Waals surface area contributed by atoms with Gasteiger partial charge in [-0.25, -0.2) is 10.5 Å². The predicted molar refractivity (Wildman–Crippen MR) is 93.2 cm³/mol. The summed E-state index contributed by atoms with van der Waals surface area (Å²) in [4.78, 5) is 24.0. The summed E-state index contributed by atoms with van der Waals surface area (Å²) in [6.45, 7) is 1.98. The molecule has 0 spiro atoms. The zero-order chi connectivity index (χ0) is 16.9. The van der Waals surface area contributed by atoms with E-state index in [4.69, 9.17) is 0 Å². The molecule has 0 aliphatic rings. The van der Waals surface area contributed by atoms with Crippen LogP contribution in [0.2, 0.25) is 0 Å². The van der Waals surface area contributed by atoms with Gasteiger partial charge in [0.05, 0.1) is 5.39 Å². The highest BCUT2D eigenvalue weighted by Gasteiger charge is 2.13. The first-order valence-electron chi connectivity index (χ1n) is 7.52. The quantitative estimate of drug-likeness (QED) is 0.572. The van der Waals surface area contributed by atoms with Gasteiger partial charge in [-0.15, -0.1) is 0 Å². The van der Waals surface area contributed by atoms with Crippen molar-refractivity contribution in [3.63, 3.8) is 0 Å². The number of fused-ring (bicyclic) bond motifs is 1. The molecule has 0 radical (unpaired) electrons. The van der Waals surface area contributed by atoms with Gasteiger partial charge < -0.3 is 0 Å². The zero-order valence-corrected chi connectivity index (χ0v) is 13.1. The summed E-state index contributed by atoms with van der Waals surface area (Å²) >= 11 is 0. The lowest BCUT2D eigenvalue weighted by Crippen LogP contribution is -2.23. The lowest BCUT2D eigenvalue weighted by Gasteiger charge is -2.06. The van der Waals surface area contributed by atoms with Crippen molar-refractivity contribution in [2.75, 3.05) is 0 Å². The molecule has 120 valence electrons. The smallest absolute Gasteiger partial charge is 0.267 e. The summed E-state index contributed by atoms with van der Waals surface area (Å²) in [5, 5.41) is 11.1. The normalized spacial score (nSPS) is 12.4. The summed E-state index contributed by atoms with van der Waals surface area (Å²) in [5.74, 6) is -0.411. The van der Waals surface area contributed by atoms with E-state index in [1.165, 1.54) is 0 Å². The lowest BCUT2D eigenvalue weighted by molar-refractivity contribution is 0.0951. The van der Waals surface area contributed by atoms with Crippen LogP contribution in [0.4, 0.5) is 0 Å². The van der Waals surface area contributed by atoms with Crippen LogP contribution in [0.3, 0.4) is 0 Å². The highest BCUT2D eigenvalue weighted by molar-refractivity contribution is 6.04. The van der Waals surface area contributed by atoms with Crippen LogP contribution in [0, 0.1) is 0 Å². The summed E-state index contributed by atoms with van der Waals surface area (Å²) in [6.07, 6.45) is 1.65. The largest absolute Gasteiger partial charge is 0.292 e. The summed E-state index contributed by atoms with van der Waals surface area (Å²) in [7, 11) is 0. The molecule has 1 amide bonds. The van der Waals surface area contributed by atoms with E-state index in [2.05, 4.69) is 20.7 Å². The highest BCUT2D eigenvalue weighted by Crippen LogP contribution is 2.13. The van der Waals surface area contributed by atoms with Gasteiger partial charge in [-0.2, -0.15) is 10.2 Å². The number of nitrogens with one attached hydrogen (secondary N) is 2. The Morgan fingerprint density at radius 1 is 1.12 bits per heavy atom. The van der Waals surface area contributed by atoms with Gasteiger partial charge in [-0.05, 0) is 11.6 Å². The minimum atomic E-state index is -0.473. The molecule has 1 atom stereocenters. The minimum Gasteiger partial charge on any atom is -0.267 e. The zero-order valence-electron chi connectivity index (χ0n) is 13.1. The topological polar surface area (TPSA) is 87.2 Å². The molecule has 0 saturated carbocycles. The Morgan fingerprint density at radius 3 is 2.54 bits per heavy atom. The Kier molecular flexibility index (Phi) is 4.47. The van der Waals surface area contributed by atoms with Crippen molar-refractivity contribution in [3.05, 3.63) is 76.2 Å². The van der Waals surface area contributed by atoms with Gasteiger partial charge in [-0.1, -0.05) is 55.5 Å². The summed E-state index contributed by atoms with van der Waals surface area (Å²) < 4.78 is 0. The molecule has 24 heavy (non-hydrogen) atoms. The van der Waals surface area contributed by atoms with Crippen LogP contribution >= 0.6 is 0 Å². The first kappa shape index (κ1) is 15.6. The molecule has 0 bridgehead atoms. The molecular weight excluding hydrogens is 304 g/mol. The maximum atomic E-state index is 12.3. The van der Waals surface area contributed by atoms with Crippen LogP contribution < -0.4 is 11.0 Å². The summed E-state index contributed by atoms with van der Waals surface area (Å²) in [5.41, 5.74) is 3.36. The SMILES string of the molecule is C[C@H](/C=N\NC(=O)c1n[nH]c(=O)c2ccccc12)c1ccccc1. The Bertz CT molecular complexity index is 948. The van der Waals surface area contributed by atoms with Crippen LogP contribution in [0.25, 0.3) is 10.8 Å². The number of hydrazone groups is 1. The lowest BCUT2D eigenvalue weighted by atomic mass is 10.0. The third-order valence-corrected chi connectivity index (χ3v) is 3.70. The van der Waals surface area contributed by atoms with Crippen LogP contribution in [0.1, 0.15) is 28.9 Å². The molecule has 6 heteroatoms. The fraction of sp³-hybridized carbons (Fsp3) is 0.111. The number of rotatable bonds is 4. The fourth-order valence-corrected chi connectivity index (χ4v) is 2.39. The van der Waals surface area contributed by atoms with Gasteiger partial charge >= 0.3 is 0 Å². The second kappa shape index (κ2) is 6.87. The van der Waals surface area contributed by atoms with E-state index in [0.717, 1.165) is 5.56 Å². The van der Waals surface area contributed by atoms with Gasteiger partial charge in [0.2, 0.25) is 0 Å². The van der Waals surface area contributed by atoms with Crippen molar-refractivity contribution in [2.24, 2.45) is 5.10 Å². The van der Waals surface area contributed by atoms with Crippen LogP contribution in [0.15, 0.2) is 64.5 Å². The Hall–Kier alpha value is -3.28. The Morgan fingerprint density at radius 2 is 1.79 bits per heavy atom. The monoisotopic (exact) mass is 320 g/mol. The van der Waals surface area contributed by atoms with Crippen LogP contribution in [-0.4, -0.2) is 22.3 Å². The number of carbonyl (C=O) groups excluding carboxylic acids is 1. The molecule has 1 aromatic heterocycles. The van der Waals surface area contributed by atoms with Gasteiger partial charge in [0.1, 0.15) is 0 Å². The number of carbonyl (C=O) groups is 1. The van der Waals surface area contributed by atoms with Crippen molar-refractivity contribution in [3.8, 4) is 0 Å². The van der Waals surface area contributed by atoms with E-state index in [-0.39, 0.29) is 17.2 Å². The standard InChI is InChI=1S/C18H16N4O2/c1-12(13-7-3-2-4-8-13)11-19-21-18(24)16-14-9-5-6-10-15(14)17(23)22-20-16/h2-12H,1H3,(H,21,24)(H,22,23)/b19-11-/t12-/m1/s1. The molecule has 2 N–H and O–H groups in total. The molecule has 0 aliphatic heterocycles. The van der Waals surface area contributed by atoms with E-state index in [1.807, 2.05) is 37.3 Å². The average molecular weight is 320 g/mol. The second-order valence-corrected chi connectivity index (χ2v) is 5.37. The van der Waals surface area contributed by atoms with E-state index in [1.54, 1.807) is 30.5 Å². The van der Waals surface area contributed by atoms with E-state index in [9.17, 15) is 9.59 Å². The molecular formula is C18H16N4O2. The molecule has 3 aromatic rings. The van der Waals surface area contributed by atoms with E-state index >= 15 is 0 Å². The molecule has 1 heterocycles. The highest BCUT2D eigenvalue weighted by atomic mass is 16.2. The third-order valence-electron chi connectivity index (χ3n) is 3.70. The number of benzene rings is 2. The molecule has 6 nitrogen and oxygen atoms in total. The Balaban J connectivity index is 1.78. The van der Waals surface area contributed by atoms with E-state index in [0.29, 0.717) is 10.8 Å². The first-order chi connectivity index (χ1) is 11.7. The second-order valence-electron chi connectivity index (χ2n) is 5.37. The van der Waals surface area contributed by atoms with Gasteiger partial charge in [0.15, 0.2) is 5.69 Å².